The molecule has 4 aromatic rings. The molecular weight excluding hydrogens is 576 g/mol. The number of aliphatic carboxylic acids is 1. The van der Waals surface area contributed by atoms with Crippen molar-refractivity contribution in [1.82, 2.24) is 4.90 Å². The molecule has 0 heterocycles. The Morgan fingerprint density at radius 3 is 2.13 bits per heavy atom. The first-order valence-corrected chi connectivity index (χ1v) is 16.2. The molecule has 2 N–H and O–H groups in total. The monoisotopic (exact) mass is 618 g/mol. The Balaban J connectivity index is 1.18. The molecule has 1 saturated carbocycles. The van der Waals surface area contributed by atoms with Gasteiger partial charge in [0.25, 0.3) is 0 Å². The van der Waals surface area contributed by atoms with Crippen LogP contribution in [0.15, 0.2) is 109 Å². The maximum Gasteiger partial charge on any atom is 0.326 e. The van der Waals surface area contributed by atoms with E-state index < -0.39 is 12.0 Å². The van der Waals surface area contributed by atoms with E-state index in [1.807, 2.05) is 65.6 Å². The van der Waals surface area contributed by atoms with Crippen LogP contribution in [0.5, 0.6) is 5.75 Å². The lowest BCUT2D eigenvalue weighted by atomic mass is 9.86. The molecule has 1 unspecified atom stereocenters. The molecule has 0 spiro atoms. The maximum absolute atomic E-state index is 13.3. The van der Waals surface area contributed by atoms with Crippen molar-refractivity contribution in [3.8, 4) is 5.75 Å². The first-order chi connectivity index (χ1) is 22.5. The second kappa shape index (κ2) is 16.4. The number of ether oxygens (including phenoxy) is 1. The van der Waals surface area contributed by atoms with Gasteiger partial charge < -0.3 is 20.1 Å². The zero-order valence-corrected chi connectivity index (χ0v) is 26.1. The topological polar surface area (TPSA) is 95.9 Å². The number of ketones is 1. The van der Waals surface area contributed by atoms with Gasteiger partial charge in [0, 0.05) is 36.2 Å². The molecule has 0 aromatic heterocycles. The number of benzene rings is 4. The number of carbonyl (C=O) groups excluding carboxylic acids is 2. The molecule has 0 bridgehead atoms. The van der Waals surface area contributed by atoms with E-state index >= 15 is 0 Å². The molecular formula is C39H42N2O5. The molecule has 1 fully saturated rings. The van der Waals surface area contributed by atoms with Gasteiger partial charge in [0.1, 0.15) is 18.4 Å². The van der Waals surface area contributed by atoms with Crippen LogP contribution >= 0.6 is 0 Å². The van der Waals surface area contributed by atoms with Crippen molar-refractivity contribution in [1.29, 1.82) is 0 Å². The average Bonchev–Trinajstić information content (AvgIpc) is 3.09. The van der Waals surface area contributed by atoms with Crippen molar-refractivity contribution in [2.24, 2.45) is 5.92 Å². The SMILES string of the molecule is O=C(c1ccccc1)c1ccccc1NC(Cc1ccc(OCCN(Cc2ccccc2)C(=O)CC2CCCCC2)cc1)C(=O)O. The summed E-state index contributed by atoms with van der Waals surface area (Å²) in [5.41, 5.74) is 3.34. The quantitative estimate of drug-likeness (QED) is 0.135. The summed E-state index contributed by atoms with van der Waals surface area (Å²) in [6, 6.07) is 32.4. The van der Waals surface area contributed by atoms with Crippen molar-refractivity contribution < 1.29 is 24.2 Å². The minimum absolute atomic E-state index is 0.174. The molecule has 0 aliphatic heterocycles. The van der Waals surface area contributed by atoms with Gasteiger partial charge in [-0.2, -0.15) is 0 Å². The normalized spacial score (nSPS) is 13.8. The van der Waals surface area contributed by atoms with E-state index in [0.29, 0.717) is 54.6 Å². The van der Waals surface area contributed by atoms with Gasteiger partial charge in [-0.05, 0) is 54.2 Å². The summed E-state index contributed by atoms with van der Waals surface area (Å²) >= 11 is 0. The number of carboxylic acids is 1. The van der Waals surface area contributed by atoms with Crippen LogP contribution in [-0.4, -0.2) is 46.9 Å². The van der Waals surface area contributed by atoms with Gasteiger partial charge in [0.2, 0.25) is 5.91 Å². The van der Waals surface area contributed by atoms with Crippen LogP contribution in [0.1, 0.15) is 65.6 Å². The highest BCUT2D eigenvalue weighted by atomic mass is 16.5. The average molecular weight is 619 g/mol. The zero-order valence-electron chi connectivity index (χ0n) is 26.1. The highest BCUT2D eigenvalue weighted by Crippen LogP contribution is 2.27. The molecule has 7 heteroatoms. The Hall–Kier alpha value is -4.91. The third kappa shape index (κ3) is 9.30. The van der Waals surface area contributed by atoms with Crippen LogP contribution < -0.4 is 10.1 Å². The van der Waals surface area contributed by atoms with E-state index in [9.17, 15) is 19.5 Å². The Kier molecular flexibility index (Phi) is 11.6. The fraction of sp³-hybridized carbons (Fsp3) is 0.308. The number of nitrogens with one attached hydrogen (secondary N) is 1. The number of nitrogens with zero attached hydrogens (tertiary/aromatic N) is 1. The number of hydrogen-bond donors (Lipinski definition) is 2. The van der Waals surface area contributed by atoms with E-state index in [0.717, 1.165) is 24.0 Å². The van der Waals surface area contributed by atoms with Gasteiger partial charge in [-0.3, -0.25) is 9.59 Å². The molecule has 0 radical (unpaired) electrons. The zero-order chi connectivity index (χ0) is 32.1. The molecule has 1 amide bonds. The predicted octanol–water partition coefficient (Wildman–Crippen LogP) is 7.40. The van der Waals surface area contributed by atoms with Crippen LogP contribution in [0.2, 0.25) is 0 Å². The lowest BCUT2D eigenvalue weighted by Crippen LogP contribution is -2.35. The smallest absolute Gasteiger partial charge is 0.326 e. The van der Waals surface area contributed by atoms with Gasteiger partial charge in [-0.25, -0.2) is 4.79 Å². The molecule has 4 aromatic carbocycles. The Bertz CT molecular complexity index is 1570. The number of rotatable bonds is 15. The maximum atomic E-state index is 13.3. The van der Waals surface area contributed by atoms with Crippen LogP contribution in [0.25, 0.3) is 0 Å². The first-order valence-electron chi connectivity index (χ1n) is 16.2. The van der Waals surface area contributed by atoms with Gasteiger partial charge in [0.15, 0.2) is 5.78 Å². The molecule has 1 atom stereocenters. The van der Waals surface area contributed by atoms with Gasteiger partial charge in [-0.15, -0.1) is 0 Å². The lowest BCUT2D eigenvalue weighted by molar-refractivity contribution is -0.138. The third-order valence-electron chi connectivity index (χ3n) is 8.59. The van der Waals surface area contributed by atoms with Crippen molar-refractivity contribution in [3.05, 3.63) is 131 Å². The van der Waals surface area contributed by atoms with Gasteiger partial charge in [-0.1, -0.05) is 104 Å². The Morgan fingerprint density at radius 2 is 1.43 bits per heavy atom. The number of anilines is 1. The van der Waals surface area contributed by atoms with Gasteiger partial charge >= 0.3 is 5.97 Å². The number of carbonyl (C=O) groups is 3. The summed E-state index contributed by atoms with van der Waals surface area (Å²) in [6.45, 7) is 1.39. The first kappa shape index (κ1) is 32.5. The number of hydrogen-bond acceptors (Lipinski definition) is 5. The number of carboxylic acid groups (broad SMARTS) is 1. The largest absolute Gasteiger partial charge is 0.492 e. The standard InChI is InChI=1S/C39H42N2O5/c42-37(27-29-12-4-1-5-13-29)41(28-31-14-6-2-7-15-31)24-25-46-33-22-20-30(21-23-33)26-36(39(44)45)40-35-19-11-10-18-34(35)38(43)32-16-8-3-9-17-32/h2-3,6-11,14-23,29,36,40H,1,4-5,12-13,24-28H2,(H,44,45). The highest BCUT2D eigenvalue weighted by molar-refractivity contribution is 6.12. The summed E-state index contributed by atoms with van der Waals surface area (Å²) in [4.78, 5) is 40.6. The third-order valence-corrected chi connectivity index (χ3v) is 8.59. The second-order valence-electron chi connectivity index (χ2n) is 12.0. The minimum atomic E-state index is -1.02. The molecule has 7 nitrogen and oxygen atoms in total. The fourth-order valence-electron chi connectivity index (χ4n) is 6.03. The molecule has 1 aliphatic carbocycles. The van der Waals surface area contributed by atoms with Crippen LogP contribution in [0.4, 0.5) is 5.69 Å². The summed E-state index contributed by atoms with van der Waals surface area (Å²) in [5, 5.41) is 13.1. The molecule has 5 rings (SSSR count). The molecule has 1 aliphatic rings. The summed E-state index contributed by atoms with van der Waals surface area (Å²) < 4.78 is 6.04. The molecule has 46 heavy (non-hydrogen) atoms. The highest BCUT2D eigenvalue weighted by Gasteiger charge is 2.23. The molecule has 0 saturated heterocycles. The predicted molar refractivity (Wildman–Crippen MR) is 180 cm³/mol. The van der Waals surface area contributed by atoms with Crippen LogP contribution in [0.3, 0.4) is 0 Å². The lowest BCUT2D eigenvalue weighted by Gasteiger charge is -2.27. The van der Waals surface area contributed by atoms with Crippen molar-refractivity contribution >= 4 is 23.3 Å². The summed E-state index contributed by atoms with van der Waals surface area (Å²) in [7, 11) is 0. The Labute approximate surface area is 271 Å². The van der Waals surface area contributed by atoms with E-state index in [4.69, 9.17) is 4.74 Å². The van der Waals surface area contributed by atoms with Crippen LogP contribution in [-0.2, 0) is 22.6 Å². The Morgan fingerprint density at radius 1 is 0.783 bits per heavy atom. The molecule has 238 valence electrons. The van der Waals surface area contributed by atoms with E-state index in [1.54, 1.807) is 48.5 Å². The fourth-order valence-corrected chi connectivity index (χ4v) is 6.03. The second-order valence-corrected chi connectivity index (χ2v) is 12.0. The van der Waals surface area contributed by atoms with Crippen molar-refractivity contribution in [2.45, 2.75) is 57.5 Å². The van der Waals surface area contributed by atoms with Gasteiger partial charge in [0.05, 0.1) is 6.54 Å². The number of para-hydroxylation sites is 1. The van der Waals surface area contributed by atoms with Crippen molar-refractivity contribution in [3.63, 3.8) is 0 Å². The summed E-state index contributed by atoms with van der Waals surface area (Å²) in [5.74, 6) is 0.108. The minimum Gasteiger partial charge on any atom is -0.492 e. The van der Waals surface area contributed by atoms with E-state index in [2.05, 4.69) is 5.32 Å². The van der Waals surface area contributed by atoms with E-state index in [1.165, 1.54) is 19.3 Å². The summed E-state index contributed by atoms with van der Waals surface area (Å²) in [6.07, 6.45) is 6.74. The number of amides is 1. The van der Waals surface area contributed by atoms with E-state index in [-0.39, 0.29) is 18.1 Å². The van der Waals surface area contributed by atoms with Crippen LogP contribution in [0, 0.1) is 5.92 Å². The van der Waals surface area contributed by atoms with Crippen molar-refractivity contribution in [2.75, 3.05) is 18.5 Å².